The summed E-state index contributed by atoms with van der Waals surface area (Å²) in [5, 5.41) is 9.14. The molecule has 1 heterocycles. The van der Waals surface area contributed by atoms with Crippen LogP contribution in [0.5, 0.6) is 0 Å². The third kappa shape index (κ3) is 3.91. The van der Waals surface area contributed by atoms with Crippen LogP contribution in [0.15, 0.2) is 0 Å². The minimum absolute atomic E-state index is 0.0680. The van der Waals surface area contributed by atoms with Crippen LogP contribution >= 0.6 is 0 Å². The van der Waals surface area contributed by atoms with E-state index in [0.717, 1.165) is 0 Å². The Morgan fingerprint density at radius 2 is 2.05 bits per heavy atom. The van der Waals surface area contributed by atoms with Gasteiger partial charge < -0.3 is 26.2 Å². The smallest absolute Gasteiger partial charge is 0.311 e. The molecule has 1 fully saturated rings. The highest BCUT2D eigenvalue weighted by Gasteiger charge is 2.40. The molecule has 1 saturated heterocycles. The second-order valence-electron chi connectivity index (χ2n) is 4.86. The molecule has 114 valence electrons. The number of carbonyl (C=O) groups excluding carboxylic acids is 2. The van der Waals surface area contributed by atoms with Crippen LogP contribution in [0.4, 0.5) is 0 Å². The van der Waals surface area contributed by atoms with Gasteiger partial charge >= 0.3 is 5.97 Å². The van der Waals surface area contributed by atoms with Crippen molar-refractivity contribution in [2.75, 3.05) is 19.8 Å². The SMILES string of the molecule is CCCN(C(=O)C(N)CC(N)=O)C1COCC1C(=O)O. The Bertz CT molecular complexity index is 387. The number of carbonyl (C=O) groups is 3. The number of carboxylic acids is 1. The van der Waals surface area contributed by atoms with Crippen molar-refractivity contribution in [1.82, 2.24) is 4.90 Å². The van der Waals surface area contributed by atoms with Crippen LogP contribution in [0, 0.1) is 5.92 Å². The van der Waals surface area contributed by atoms with Crippen molar-refractivity contribution in [3.8, 4) is 0 Å². The van der Waals surface area contributed by atoms with E-state index < -0.39 is 35.8 Å². The molecule has 0 aliphatic carbocycles. The Hall–Kier alpha value is -1.67. The van der Waals surface area contributed by atoms with Gasteiger partial charge in [0.1, 0.15) is 5.92 Å². The monoisotopic (exact) mass is 287 g/mol. The van der Waals surface area contributed by atoms with Crippen molar-refractivity contribution in [2.24, 2.45) is 17.4 Å². The van der Waals surface area contributed by atoms with Crippen LogP contribution in [0.3, 0.4) is 0 Å². The summed E-state index contributed by atoms with van der Waals surface area (Å²) < 4.78 is 5.16. The van der Waals surface area contributed by atoms with Gasteiger partial charge in [-0.05, 0) is 6.42 Å². The van der Waals surface area contributed by atoms with Gasteiger partial charge in [0.15, 0.2) is 0 Å². The van der Waals surface area contributed by atoms with Crippen LogP contribution in [0.1, 0.15) is 19.8 Å². The maximum Gasteiger partial charge on any atom is 0.311 e. The Labute approximate surface area is 117 Å². The average Bonchev–Trinajstić information content (AvgIpc) is 2.83. The van der Waals surface area contributed by atoms with E-state index in [9.17, 15) is 14.4 Å². The van der Waals surface area contributed by atoms with Gasteiger partial charge in [0.25, 0.3) is 0 Å². The summed E-state index contributed by atoms with van der Waals surface area (Å²) in [6.45, 7) is 2.46. The maximum atomic E-state index is 12.3. The van der Waals surface area contributed by atoms with E-state index in [1.54, 1.807) is 0 Å². The highest BCUT2D eigenvalue weighted by atomic mass is 16.5. The molecular weight excluding hydrogens is 266 g/mol. The summed E-state index contributed by atoms with van der Waals surface area (Å²) in [4.78, 5) is 35.7. The molecule has 8 nitrogen and oxygen atoms in total. The van der Waals surface area contributed by atoms with Crippen LogP contribution in [0.25, 0.3) is 0 Å². The number of ether oxygens (including phenoxy) is 1. The van der Waals surface area contributed by atoms with E-state index in [-0.39, 0.29) is 19.6 Å². The molecule has 1 rings (SSSR count). The maximum absolute atomic E-state index is 12.3. The molecule has 3 unspecified atom stereocenters. The van der Waals surface area contributed by atoms with Gasteiger partial charge in [-0.1, -0.05) is 6.92 Å². The van der Waals surface area contributed by atoms with E-state index in [4.69, 9.17) is 21.3 Å². The number of primary amides is 1. The molecule has 0 saturated carbocycles. The molecular formula is C12H21N3O5. The summed E-state index contributed by atoms with van der Waals surface area (Å²) in [7, 11) is 0. The predicted octanol–water partition coefficient (Wildman–Crippen LogP) is -1.47. The third-order valence-corrected chi connectivity index (χ3v) is 3.25. The van der Waals surface area contributed by atoms with Crippen molar-refractivity contribution in [1.29, 1.82) is 0 Å². The molecule has 5 N–H and O–H groups in total. The van der Waals surface area contributed by atoms with Gasteiger partial charge in [0.2, 0.25) is 11.8 Å². The van der Waals surface area contributed by atoms with Crippen LogP contribution < -0.4 is 11.5 Å². The van der Waals surface area contributed by atoms with Gasteiger partial charge in [-0.25, -0.2) is 0 Å². The number of nitrogens with zero attached hydrogens (tertiary/aromatic N) is 1. The lowest BCUT2D eigenvalue weighted by atomic mass is 10.0. The fraction of sp³-hybridized carbons (Fsp3) is 0.750. The number of hydrogen-bond donors (Lipinski definition) is 3. The first-order valence-electron chi connectivity index (χ1n) is 6.53. The molecule has 0 radical (unpaired) electrons. The molecule has 0 spiro atoms. The standard InChI is InChI=1S/C12H21N3O5/c1-2-3-15(11(17)8(13)4-10(14)16)9-6-20-5-7(9)12(18)19/h7-9H,2-6,13H2,1H3,(H2,14,16)(H,18,19). The van der Waals surface area contributed by atoms with E-state index in [2.05, 4.69) is 0 Å². The van der Waals surface area contributed by atoms with E-state index >= 15 is 0 Å². The van der Waals surface area contributed by atoms with E-state index in [0.29, 0.717) is 13.0 Å². The molecule has 0 aromatic heterocycles. The molecule has 3 atom stereocenters. The molecule has 1 aliphatic heterocycles. The fourth-order valence-electron chi connectivity index (χ4n) is 2.28. The van der Waals surface area contributed by atoms with Crippen molar-refractivity contribution >= 4 is 17.8 Å². The van der Waals surface area contributed by atoms with E-state index in [1.807, 2.05) is 6.92 Å². The largest absolute Gasteiger partial charge is 0.481 e. The first-order valence-corrected chi connectivity index (χ1v) is 6.53. The zero-order valence-corrected chi connectivity index (χ0v) is 11.4. The van der Waals surface area contributed by atoms with Crippen molar-refractivity contribution in [2.45, 2.75) is 31.8 Å². The van der Waals surface area contributed by atoms with Crippen LogP contribution in [0.2, 0.25) is 0 Å². The second kappa shape index (κ2) is 7.20. The molecule has 2 amide bonds. The summed E-state index contributed by atoms with van der Waals surface area (Å²) >= 11 is 0. The fourth-order valence-corrected chi connectivity index (χ4v) is 2.28. The summed E-state index contributed by atoms with van der Waals surface area (Å²) in [5.41, 5.74) is 10.7. The average molecular weight is 287 g/mol. The molecule has 1 aliphatic rings. The summed E-state index contributed by atoms with van der Waals surface area (Å²) in [6, 6.07) is -1.60. The zero-order chi connectivity index (χ0) is 15.3. The van der Waals surface area contributed by atoms with Crippen LogP contribution in [-0.4, -0.2) is 59.6 Å². The molecule has 0 aromatic rings. The normalized spacial score (nSPS) is 23.3. The third-order valence-electron chi connectivity index (χ3n) is 3.25. The van der Waals surface area contributed by atoms with Gasteiger partial charge in [0.05, 0.1) is 31.7 Å². The lowest BCUT2D eigenvalue weighted by molar-refractivity contribution is -0.146. The van der Waals surface area contributed by atoms with E-state index in [1.165, 1.54) is 4.90 Å². The minimum Gasteiger partial charge on any atom is -0.481 e. The topological polar surface area (TPSA) is 136 Å². The quantitative estimate of drug-likeness (QED) is 0.523. The van der Waals surface area contributed by atoms with Gasteiger partial charge in [-0.3, -0.25) is 14.4 Å². The Balaban J connectivity index is 2.84. The number of hydrogen-bond acceptors (Lipinski definition) is 5. The van der Waals surface area contributed by atoms with Crippen molar-refractivity contribution in [3.63, 3.8) is 0 Å². The van der Waals surface area contributed by atoms with Gasteiger partial charge in [-0.15, -0.1) is 0 Å². The van der Waals surface area contributed by atoms with Gasteiger partial charge in [-0.2, -0.15) is 0 Å². The van der Waals surface area contributed by atoms with Crippen LogP contribution in [-0.2, 0) is 19.1 Å². The van der Waals surface area contributed by atoms with Gasteiger partial charge in [0, 0.05) is 6.54 Å². The van der Waals surface area contributed by atoms with Crippen molar-refractivity contribution < 1.29 is 24.2 Å². The Morgan fingerprint density at radius 1 is 1.40 bits per heavy atom. The Kier molecular flexibility index (Phi) is 5.90. The Morgan fingerprint density at radius 3 is 2.55 bits per heavy atom. The number of carboxylic acid groups (broad SMARTS) is 1. The lowest BCUT2D eigenvalue weighted by Crippen LogP contribution is -2.53. The molecule has 8 heteroatoms. The number of rotatable bonds is 7. The summed E-state index contributed by atoms with van der Waals surface area (Å²) in [5.74, 6) is -2.91. The first kappa shape index (κ1) is 16.4. The lowest BCUT2D eigenvalue weighted by Gasteiger charge is -2.32. The number of nitrogens with two attached hydrogens (primary N) is 2. The zero-order valence-electron chi connectivity index (χ0n) is 11.4. The number of aliphatic carboxylic acids is 1. The molecule has 0 aromatic carbocycles. The highest BCUT2D eigenvalue weighted by Crippen LogP contribution is 2.21. The number of amides is 2. The van der Waals surface area contributed by atoms with Crippen molar-refractivity contribution in [3.05, 3.63) is 0 Å². The predicted molar refractivity (Wildman–Crippen MR) is 69.5 cm³/mol. The summed E-state index contributed by atoms with van der Waals surface area (Å²) in [6.07, 6.45) is 0.391. The molecule has 20 heavy (non-hydrogen) atoms. The highest BCUT2D eigenvalue weighted by molar-refractivity contribution is 5.88. The molecule has 0 bridgehead atoms. The minimum atomic E-state index is -1.05. The second-order valence-corrected chi connectivity index (χ2v) is 4.86. The first-order chi connectivity index (χ1) is 9.38.